The second kappa shape index (κ2) is 13.2. The number of hydrogen-bond acceptors (Lipinski definition) is 6. The zero-order valence-corrected chi connectivity index (χ0v) is 16.5. The lowest BCUT2D eigenvalue weighted by molar-refractivity contribution is -0.158. The fraction of sp³-hybridized carbons (Fsp3) is 0.762. The molecule has 0 radical (unpaired) electrons. The van der Waals surface area contributed by atoms with Crippen LogP contribution in [0.1, 0.15) is 78.1 Å². The van der Waals surface area contributed by atoms with Crippen molar-refractivity contribution in [3.05, 3.63) is 0 Å². The van der Waals surface area contributed by atoms with Crippen molar-refractivity contribution in [1.82, 2.24) is 0 Å². The molecule has 3 unspecified atom stereocenters. The van der Waals surface area contributed by atoms with Gasteiger partial charge >= 0.3 is 17.9 Å². The number of rotatable bonds is 13. The summed E-state index contributed by atoms with van der Waals surface area (Å²) < 4.78 is 15.5. The van der Waals surface area contributed by atoms with E-state index in [1.54, 1.807) is 0 Å². The molecule has 0 amide bonds. The van der Waals surface area contributed by atoms with Gasteiger partial charge in [0.25, 0.3) is 0 Å². The molecule has 3 atom stereocenters. The Morgan fingerprint density at radius 3 is 2.44 bits per heavy atom. The Morgan fingerprint density at radius 1 is 1.15 bits per heavy atom. The third kappa shape index (κ3) is 10.6. The van der Waals surface area contributed by atoms with Crippen LogP contribution in [0.3, 0.4) is 0 Å². The molecule has 0 N–H and O–H groups in total. The minimum atomic E-state index is -0.620. The molecule has 6 nitrogen and oxygen atoms in total. The summed E-state index contributed by atoms with van der Waals surface area (Å²) in [6.07, 6.45) is 14.0. The van der Waals surface area contributed by atoms with Gasteiger partial charge in [-0.15, -0.1) is 12.3 Å². The lowest BCUT2D eigenvalue weighted by Gasteiger charge is -2.18. The fourth-order valence-electron chi connectivity index (χ4n) is 3.31. The van der Waals surface area contributed by atoms with Gasteiger partial charge in [-0.3, -0.25) is 14.4 Å². The Morgan fingerprint density at radius 2 is 1.81 bits per heavy atom. The SMILES string of the molecule is C#CCCCCCCCCC1CC(CC(COC(C)=O)OC(C)=O)C(=O)O1. The number of carbonyl (C=O) groups is 3. The molecule has 6 heteroatoms. The lowest BCUT2D eigenvalue weighted by Crippen LogP contribution is -2.27. The molecule has 152 valence electrons. The maximum absolute atomic E-state index is 12.1. The Bertz CT molecular complexity index is 521. The van der Waals surface area contributed by atoms with Gasteiger partial charge in [-0.2, -0.15) is 0 Å². The van der Waals surface area contributed by atoms with Crippen LogP contribution in [0.5, 0.6) is 0 Å². The molecular weight excluding hydrogens is 348 g/mol. The van der Waals surface area contributed by atoms with Crippen LogP contribution in [0, 0.1) is 18.3 Å². The van der Waals surface area contributed by atoms with Crippen molar-refractivity contribution < 1.29 is 28.6 Å². The predicted molar refractivity (Wildman–Crippen MR) is 101 cm³/mol. The first-order valence-electron chi connectivity index (χ1n) is 9.87. The number of esters is 3. The number of cyclic esters (lactones) is 1. The largest absolute Gasteiger partial charge is 0.462 e. The summed E-state index contributed by atoms with van der Waals surface area (Å²) in [6.45, 7) is 2.55. The molecule has 1 fully saturated rings. The Kier molecular flexibility index (Phi) is 11.2. The van der Waals surface area contributed by atoms with Crippen LogP contribution >= 0.6 is 0 Å². The second-order valence-electron chi connectivity index (χ2n) is 7.13. The van der Waals surface area contributed by atoms with Gasteiger partial charge in [0.05, 0.1) is 5.92 Å². The molecule has 27 heavy (non-hydrogen) atoms. The monoisotopic (exact) mass is 380 g/mol. The van der Waals surface area contributed by atoms with E-state index in [0.717, 1.165) is 32.1 Å². The zero-order valence-electron chi connectivity index (χ0n) is 16.5. The van der Waals surface area contributed by atoms with Crippen LogP contribution in [-0.4, -0.2) is 36.7 Å². The summed E-state index contributed by atoms with van der Waals surface area (Å²) >= 11 is 0. The lowest BCUT2D eigenvalue weighted by atomic mass is 9.95. The van der Waals surface area contributed by atoms with E-state index in [4.69, 9.17) is 20.6 Å². The summed E-state index contributed by atoms with van der Waals surface area (Å²) in [4.78, 5) is 34.3. The van der Waals surface area contributed by atoms with Crippen molar-refractivity contribution in [3.8, 4) is 12.3 Å². The summed E-state index contributed by atoms with van der Waals surface area (Å²) in [7, 11) is 0. The van der Waals surface area contributed by atoms with Gasteiger partial charge in [0.1, 0.15) is 18.8 Å². The highest BCUT2D eigenvalue weighted by Gasteiger charge is 2.36. The van der Waals surface area contributed by atoms with Crippen LogP contribution in [0.4, 0.5) is 0 Å². The summed E-state index contributed by atoms with van der Waals surface area (Å²) in [6, 6.07) is 0. The molecule has 0 aromatic heterocycles. The van der Waals surface area contributed by atoms with Crippen molar-refractivity contribution in [1.29, 1.82) is 0 Å². The standard InChI is InChI=1S/C21H32O6/c1-4-5-6-7-8-9-10-11-12-19-13-18(21(24)27-19)14-20(26-17(3)23)15-25-16(2)22/h1,18-20H,5-15H2,2-3H3. The summed E-state index contributed by atoms with van der Waals surface area (Å²) in [5.41, 5.74) is 0. The van der Waals surface area contributed by atoms with Crippen molar-refractivity contribution in [3.63, 3.8) is 0 Å². The average molecular weight is 380 g/mol. The maximum Gasteiger partial charge on any atom is 0.309 e. The van der Waals surface area contributed by atoms with Crippen molar-refractivity contribution in [2.24, 2.45) is 5.92 Å². The molecule has 1 aliphatic heterocycles. The average Bonchev–Trinajstić information content (AvgIpc) is 2.94. The van der Waals surface area contributed by atoms with Gasteiger partial charge in [-0.1, -0.05) is 25.7 Å². The minimum absolute atomic E-state index is 0.0387. The zero-order chi connectivity index (χ0) is 20.1. The first-order valence-corrected chi connectivity index (χ1v) is 9.87. The van der Waals surface area contributed by atoms with Gasteiger partial charge < -0.3 is 14.2 Å². The summed E-state index contributed by atoms with van der Waals surface area (Å²) in [5, 5.41) is 0. The topological polar surface area (TPSA) is 78.9 Å². The molecule has 0 aliphatic carbocycles. The van der Waals surface area contributed by atoms with E-state index in [2.05, 4.69) is 5.92 Å². The molecule has 1 aliphatic rings. The molecule has 0 bridgehead atoms. The highest BCUT2D eigenvalue weighted by molar-refractivity contribution is 5.74. The van der Waals surface area contributed by atoms with Gasteiger partial charge in [-0.05, 0) is 25.7 Å². The van der Waals surface area contributed by atoms with E-state index in [1.165, 1.54) is 33.1 Å². The Balaban J connectivity index is 2.27. The number of hydrogen-bond donors (Lipinski definition) is 0. The molecule has 0 saturated carbocycles. The molecule has 1 rings (SSSR count). The van der Waals surface area contributed by atoms with Crippen molar-refractivity contribution >= 4 is 17.9 Å². The Labute approximate surface area is 162 Å². The first-order chi connectivity index (χ1) is 12.9. The second-order valence-corrected chi connectivity index (χ2v) is 7.13. The number of terminal acetylenes is 1. The van der Waals surface area contributed by atoms with Crippen LogP contribution in [-0.2, 0) is 28.6 Å². The third-order valence-electron chi connectivity index (χ3n) is 4.61. The van der Waals surface area contributed by atoms with Gasteiger partial charge in [-0.25, -0.2) is 0 Å². The van der Waals surface area contributed by atoms with Crippen molar-refractivity contribution in [2.75, 3.05) is 6.61 Å². The highest BCUT2D eigenvalue weighted by atomic mass is 16.6. The van der Waals surface area contributed by atoms with E-state index < -0.39 is 18.0 Å². The van der Waals surface area contributed by atoms with Crippen LogP contribution in [0.15, 0.2) is 0 Å². The minimum Gasteiger partial charge on any atom is -0.462 e. The predicted octanol–water partition coefficient (Wildman–Crippen LogP) is 3.56. The molecular formula is C21H32O6. The smallest absolute Gasteiger partial charge is 0.309 e. The van der Waals surface area contributed by atoms with E-state index in [0.29, 0.717) is 12.8 Å². The molecule has 1 saturated heterocycles. The van der Waals surface area contributed by atoms with E-state index in [1.807, 2.05) is 0 Å². The number of ether oxygens (including phenoxy) is 3. The van der Waals surface area contributed by atoms with Crippen LogP contribution < -0.4 is 0 Å². The molecule has 1 heterocycles. The fourth-order valence-corrected chi connectivity index (χ4v) is 3.31. The number of unbranched alkanes of at least 4 members (excludes halogenated alkanes) is 6. The maximum atomic E-state index is 12.1. The third-order valence-corrected chi connectivity index (χ3v) is 4.61. The summed E-state index contributed by atoms with van der Waals surface area (Å²) in [5.74, 6) is 1.17. The van der Waals surface area contributed by atoms with Gasteiger partial charge in [0.15, 0.2) is 0 Å². The van der Waals surface area contributed by atoms with Crippen molar-refractivity contribution in [2.45, 2.75) is 90.3 Å². The van der Waals surface area contributed by atoms with Crippen LogP contribution in [0.25, 0.3) is 0 Å². The highest BCUT2D eigenvalue weighted by Crippen LogP contribution is 2.29. The Hall–Kier alpha value is -2.03. The quantitative estimate of drug-likeness (QED) is 0.210. The normalized spacial score (nSPS) is 19.8. The molecule has 0 aromatic rings. The van der Waals surface area contributed by atoms with Gasteiger partial charge in [0.2, 0.25) is 0 Å². The van der Waals surface area contributed by atoms with E-state index in [9.17, 15) is 14.4 Å². The van der Waals surface area contributed by atoms with Gasteiger partial charge in [0, 0.05) is 26.7 Å². The molecule has 0 spiro atoms. The van der Waals surface area contributed by atoms with E-state index in [-0.39, 0.29) is 24.6 Å². The number of carbonyl (C=O) groups excluding carboxylic acids is 3. The van der Waals surface area contributed by atoms with Crippen LogP contribution in [0.2, 0.25) is 0 Å². The molecule has 0 aromatic carbocycles. The van der Waals surface area contributed by atoms with E-state index >= 15 is 0 Å². The first kappa shape index (κ1) is 23.0.